The number of carbonyl (C=O) groups is 1. The summed E-state index contributed by atoms with van der Waals surface area (Å²) in [7, 11) is 1.46. The molecule has 0 heterocycles. The minimum absolute atomic E-state index is 0.0464. The first-order valence-corrected chi connectivity index (χ1v) is 7.31. The van der Waals surface area contributed by atoms with Crippen molar-refractivity contribution >= 4 is 5.97 Å². The molecule has 0 bridgehead atoms. The van der Waals surface area contributed by atoms with Gasteiger partial charge in [-0.1, -0.05) is 26.0 Å². The summed E-state index contributed by atoms with van der Waals surface area (Å²) >= 11 is 0. The van der Waals surface area contributed by atoms with Crippen LogP contribution in [0.2, 0.25) is 0 Å². The highest BCUT2D eigenvalue weighted by molar-refractivity contribution is 5.73. The monoisotopic (exact) mass is 264 g/mol. The number of hydrogen-bond acceptors (Lipinski definition) is 3. The fourth-order valence-electron chi connectivity index (χ4n) is 3.46. The van der Waals surface area contributed by atoms with Gasteiger partial charge < -0.3 is 9.84 Å². The van der Waals surface area contributed by atoms with Gasteiger partial charge in [-0.05, 0) is 42.7 Å². The van der Waals surface area contributed by atoms with Crippen LogP contribution < -0.4 is 0 Å². The Hall–Kier alpha value is -1.09. The van der Waals surface area contributed by atoms with Gasteiger partial charge in [0.25, 0.3) is 0 Å². The highest BCUT2D eigenvalue weighted by Crippen LogP contribution is 2.45. The summed E-state index contributed by atoms with van der Waals surface area (Å²) in [5, 5.41) is 10.0. The summed E-state index contributed by atoms with van der Waals surface area (Å²) in [6.45, 7) is 4.13. The number of aliphatic hydroxyl groups is 1. The summed E-state index contributed by atoms with van der Waals surface area (Å²) in [5.41, 5.74) is 2.53. The largest absolute Gasteiger partial charge is 0.469 e. The molecule has 2 aliphatic rings. The first-order chi connectivity index (χ1) is 9.12. The minimum atomic E-state index is -0.360. The molecule has 0 radical (unpaired) electrons. The number of rotatable bonds is 4. The van der Waals surface area contributed by atoms with E-state index in [9.17, 15) is 9.90 Å². The summed E-state index contributed by atoms with van der Waals surface area (Å²) in [4.78, 5) is 11.9. The SMILES string of the molecule is CCC1C=C2C(=CC1O)CCC2C(CC)C(=O)OC. The van der Waals surface area contributed by atoms with E-state index >= 15 is 0 Å². The topological polar surface area (TPSA) is 46.5 Å². The highest BCUT2D eigenvalue weighted by Gasteiger charge is 2.38. The minimum Gasteiger partial charge on any atom is -0.469 e. The standard InChI is InChI=1S/C16H24O3/c1-4-10-8-14-11(9-15(10)17)6-7-13(14)12(5-2)16(18)19-3/h8-10,12-13,15,17H,4-7H2,1-3H3. The predicted octanol–water partition coefficient (Wildman–Crippen LogP) is 2.85. The van der Waals surface area contributed by atoms with E-state index in [1.54, 1.807) is 0 Å². The van der Waals surface area contributed by atoms with Crippen molar-refractivity contribution in [2.45, 2.75) is 45.6 Å². The predicted molar refractivity (Wildman–Crippen MR) is 74.5 cm³/mol. The molecule has 0 aromatic rings. The normalized spacial score (nSPS) is 31.3. The summed E-state index contributed by atoms with van der Waals surface area (Å²) < 4.78 is 4.93. The van der Waals surface area contributed by atoms with E-state index < -0.39 is 0 Å². The maximum Gasteiger partial charge on any atom is 0.309 e. The molecule has 2 rings (SSSR count). The van der Waals surface area contributed by atoms with E-state index in [0.29, 0.717) is 0 Å². The van der Waals surface area contributed by atoms with Gasteiger partial charge in [0.2, 0.25) is 0 Å². The second kappa shape index (κ2) is 5.91. The Bertz CT molecular complexity index is 408. The third-order valence-corrected chi connectivity index (χ3v) is 4.60. The highest BCUT2D eigenvalue weighted by atomic mass is 16.5. The van der Waals surface area contributed by atoms with Crippen LogP contribution in [0.5, 0.6) is 0 Å². The Balaban J connectivity index is 2.25. The molecule has 1 saturated carbocycles. The van der Waals surface area contributed by atoms with Gasteiger partial charge in [0.05, 0.1) is 19.1 Å². The van der Waals surface area contributed by atoms with Crippen LogP contribution >= 0.6 is 0 Å². The zero-order valence-electron chi connectivity index (χ0n) is 12.1. The van der Waals surface area contributed by atoms with Crippen molar-refractivity contribution in [3.05, 3.63) is 23.3 Å². The summed E-state index contributed by atoms with van der Waals surface area (Å²) in [5.74, 6) is 0.309. The second-order valence-corrected chi connectivity index (χ2v) is 5.56. The van der Waals surface area contributed by atoms with Crippen molar-refractivity contribution in [1.29, 1.82) is 0 Å². The van der Waals surface area contributed by atoms with Crippen molar-refractivity contribution in [2.75, 3.05) is 7.11 Å². The molecule has 3 heteroatoms. The van der Waals surface area contributed by atoms with Crippen molar-refractivity contribution in [1.82, 2.24) is 0 Å². The van der Waals surface area contributed by atoms with Crippen LogP contribution in [0.25, 0.3) is 0 Å². The van der Waals surface area contributed by atoms with Gasteiger partial charge in [0.1, 0.15) is 0 Å². The van der Waals surface area contributed by atoms with E-state index in [0.717, 1.165) is 25.7 Å². The average molecular weight is 264 g/mol. The van der Waals surface area contributed by atoms with E-state index in [1.807, 2.05) is 13.0 Å². The Kier molecular flexibility index (Phi) is 4.46. The molecule has 2 aliphatic carbocycles. The molecule has 0 spiro atoms. The molecule has 4 atom stereocenters. The molecule has 0 aromatic heterocycles. The van der Waals surface area contributed by atoms with E-state index in [2.05, 4.69) is 13.0 Å². The van der Waals surface area contributed by atoms with Gasteiger partial charge in [-0.25, -0.2) is 0 Å². The van der Waals surface area contributed by atoms with Crippen LogP contribution in [-0.4, -0.2) is 24.3 Å². The molecule has 4 unspecified atom stereocenters. The lowest BCUT2D eigenvalue weighted by atomic mass is 9.80. The van der Waals surface area contributed by atoms with Crippen LogP contribution in [0.1, 0.15) is 39.5 Å². The molecule has 1 N–H and O–H groups in total. The van der Waals surface area contributed by atoms with Crippen LogP contribution in [0.3, 0.4) is 0 Å². The lowest BCUT2D eigenvalue weighted by molar-refractivity contribution is -0.147. The first-order valence-electron chi connectivity index (χ1n) is 7.31. The molecular formula is C16H24O3. The van der Waals surface area contributed by atoms with Gasteiger partial charge in [0, 0.05) is 5.92 Å². The van der Waals surface area contributed by atoms with E-state index in [4.69, 9.17) is 4.74 Å². The molecule has 0 amide bonds. The molecule has 3 nitrogen and oxygen atoms in total. The van der Waals surface area contributed by atoms with Gasteiger partial charge in [-0.2, -0.15) is 0 Å². The Morgan fingerprint density at radius 2 is 2.21 bits per heavy atom. The number of fused-ring (bicyclic) bond motifs is 1. The van der Waals surface area contributed by atoms with Crippen LogP contribution in [0, 0.1) is 17.8 Å². The van der Waals surface area contributed by atoms with Crippen LogP contribution in [0.15, 0.2) is 23.3 Å². The third kappa shape index (κ3) is 2.62. The van der Waals surface area contributed by atoms with E-state index in [1.165, 1.54) is 18.3 Å². The van der Waals surface area contributed by atoms with Gasteiger partial charge in [0.15, 0.2) is 0 Å². The van der Waals surface area contributed by atoms with Gasteiger partial charge in [-0.15, -0.1) is 0 Å². The zero-order valence-corrected chi connectivity index (χ0v) is 12.1. The number of methoxy groups -OCH3 is 1. The number of allylic oxidation sites excluding steroid dienone is 2. The molecular weight excluding hydrogens is 240 g/mol. The number of ether oxygens (including phenoxy) is 1. The molecule has 0 saturated heterocycles. The Morgan fingerprint density at radius 1 is 1.47 bits per heavy atom. The fourth-order valence-corrected chi connectivity index (χ4v) is 3.46. The van der Waals surface area contributed by atoms with E-state index in [-0.39, 0.29) is 29.8 Å². The number of hydrogen-bond donors (Lipinski definition) is 1. The lowest BCUT2D eigenvalue weighted by Gasteiger charge is -2.27. The second-order valence-electron chi connectivity index (χ2n) is 5.56. The molecule has 106 valence electrons. The maximum atomic E-state index is 11.9. The molecule has 1 fully saturated rings. The van der Waals surface area contributed by atoms with Crippen molar-refractivity contribution in [3.8, 4) is 0 Å². The lowest BCUT2D eigenvalue weighted by Crippen LogP contribution is -2.26. The first kappa shape index (κ1) is 14.3. The zero-order chi connectivity index (χ0) is 14.0. The number of aliphatic hydroxyl groups excluding tert-OH is 1. The smallest absolute Gasteiger partial charge is 0.309 e. The van der Waals surface area contributed by atoms with Crippen molar-refractivity contribution < 1.29 is 14.6 Å². The maximum absolute atomic E-state index is 11.9. The average Bonchev–Trinajstić information content (AvgIpc) is 2.81. The van der Waals surface area contributed by atoms with Crippen LogP contribution in [-0.2, 0) is 9.53 Å². The number of esters is 1. The van der Waals surface area contributed by atoms with Crippen molar-refractivity contribution in [2.24, 2.45) is 17.8 Å². The summed E-state index contributed by atoms with van der Waals surface area (Å²) in [6.07, 6.45) is 7.53. The quantitative estimate of drug-likeness (QED) is 0.794. The van der Waals surface area contributed by atoms with Crippen molar-refractivity contribution in [3.63, 3.8) is 0 Å². The summed E-state index contributed by atoms with van der Waals surface area (Å²) in [6, 6.07) is 0. The molecule has 19 heavy (non-hydrogen) atoms. The Labute approximate surface area is 115 Å². The number of carbonyl (C=O) groups excluding carboxylic acids is 1. The Morgan fingerprint density at radius 3 is 2.79 bits per heavy atom. The fraction of sp³-hybridized carbons (Fsp3) is 0.688. The van der Waals surface area contributed by atoms with Gasteiger partial charge in [-0.3, -0.25) is 4.79 Å². The third-order valence-electron chi connectivity index (χ3n) is 4.60. The van der Waals surface area contributed by atoms with Gasteiger partial charge >= 0.3 is 5.97 Å². The molecule has 0 aliphatic heterocycles. The molecule has 0 aromatic carbocycles. The van der Waals surface area contributed by atoms with Crippen LogP contribution in [0.4, 0.5) is 0 Å².